The highest BCUT2D eigenvalue weighted by Gasteiger charge is 2.16. The average molecular weight is 278 g/mol. The topological polar surface area (TPSA) is 123 Å². The normalized spacial score (nSPS) is 10.7. The lowest BCUT2D eigenvalue weighted by Gasteiger charge is -2.01. The van der Waals surface area contributed by atoms with Gasteiger partial charge in [-0.3, -0.25) is 9.89 Å². The van der Waals surface area contributed by atoms with E-state index in [-0.39, 0.29) is 11.6 Å². The van der Waals surface area contributed by atoms with Crippen LogP contribution in [0.2, 0.25) is 0 Å². The lowest BCUT2D eigenvalue weighted by atomic mass is 10.2. The van der Waals surface area contributed by atoms with E-state index in [4.69, 9.17) is 10.3 Å². The van der Waals surface area contributed by atoms with Crippen molar-refractivity contribution < 1.29 is 9.32 Å². The molecule has 2 heterocycles. The minimum Gasteiger partial charge on any atom is -0.395 e. The summed E-state index contributed by atoms with van der Waals surface area (Å²) in [7, 11) is 0. The van der Waals surface area contributed by atoms with E-state index in [0.29, 0.717) is 30.4 Å². The Labute approximate surface area is 116 Å². The van der Waals surface area contributed by atoms with Gasteiger partial charge in [-0.2, -0.15) is 10.1 Å². The van der Waals surface area contributed by atoms with Crippen molar-refractivity contribution in [2.24, 2.45) is 0 Å². The van der Waals surface area contributed by atoms with Crippen LogP contribution in [0.3, 0.4) is 0 Å². The van der Waals surface area contributed by atoms with Crippen molar-refractivity contribution in [3.05, 3.63) is 23.1 Å². The number of hydrogen-bond acceptors (Lipinski definition) is 6. The van der Waals surface area contributed by atoms with Gasteiger partial charge in [-0.05, 0) is 13.3 Å². The average Bonchev–Trinajstić information content (AvgIpc) is 2.98. The number of nitrogen functional groups attached to an aromatic ring is 1. The number of aromatic nitrogens is 4. The molecule has 0 radical (unpaired) electrons. The maximum atomic E-state index is 11.9. The van der Waals surface area contributed by atoms with Gasteiger partial charge in [0.2, 0.25) is 5.89 Å². The number of carbonyl (C=O) groups excluding carboxylic acids is 1. The first-order valence-corrected chi connectivity index (χ1v) is 6.52. The van der Waals surface area contributed by atoms with Crippen LogP contribution >= 0.6 is 0 Å². The highest BCUT2D eigenvalue weighted by molar-refractivity contribution is 5.97. The number of nitrogens with one attached hydrogen (secondary N) is 2. The summed E-state index contributed by atoms with van der Waals surface area (Å²) in [5.41, 5.74) is 7.32. The van der Waals surface area contributed by atoms with Crippen molar-refractivity contribution in [3.63, 3.8) is 0 Å². The minimum atomic E-state index is -0.308. The summed E-state index contributed by atoms with van der Waals surface area (Å²) >= 11 is 0. The van der Waals surface area contributed by atoms with Crippen LogP contribution in [-0.4, -0.2) is 32.8 Å². The molecule has 2 rings (SSSR count). The predicted molar refractivity (Wildman–Crippen MR) is 72.1 cm³/mol. The molecule has 2 aromatic heterocycles. The molecule has 0 aliphatic heterocycles. The van der Waals surface area contributed by atoms with Gasteiger partial charge < -0.3 is 15.6 Å². The van der Waals surface area contributed by atoms with Crippen molar-refractivity contribution in [3.8, 4) is 0 Å². The number of rotatable bonds is 6. The Balaban J connectivity index is 1.88. The highest BCUT2D eigenvalue weighted by atomic mass is 16.5. The van der Waals surface area contributed by atoms with Crippen LogP contribution in [-0.2, 0) is 12.8 Å². The Kier molecular flexibility index (Phi) is 4.34. The van der Waals surface area contributed by atoms with Crippen LogP contribution in [0.25, 0.3) is 0 Å². The molecular formula is C12H18N6O2. The molecule has 8 nitrogen and oxygen atoms in total. The predicted octanol–water partition coefficient (Wildman–Crippen LogP) is 0.608. The van der Waals surface area contributed by atoms with Crippen LogP contribution in [0, 0.1) is 6.92 Å². The van der Waals surface area contributed by atoms with E-state index in [1.54, 1.807) is 6.92 Å². The van der Waals surface area contributed by atoms with Gasteiger partial charge in [-0.1, -0.05) is 18.5 Å². The lowest BCUT2D eigenvalue weighted by Crippen LogP contribution is -2.26. The summed E-state index contributed by atoms with van der Waals surface area (Å²) in [6.45, 7) is 4.16. The molecule has 8 heteroatoms. The van der Waals surface area contributed by atoms with Crippen molar-refractivity contribution in [2.75, 3.05) is 12.3 Å². The number of nitrogens with zero attached hydrogens (tertiary/aromatic N) is 3. The second-order valence-corrected chi connectivity index (χ2v) is 4.46. The number of carbonyl (C=O) groups is 1. The minimum absolute atomic E-state index is 0.232. The second-order valence-electron chi connectivity index (χ2n) is 4.46. The van der Waals surface area contributed by atoms with Gasteiger partial charge in [0.1, 0.15) is 0 Å². The summed E-state index contributed by atoms with van der Waals surface area (Å²) in [6, 6.07) is 0. The number of aryl methyl sites for hydroxylation is 2. The Bertz CT molecular complexity index is 589. The number of nitrogens with two attached hydrogens (primary N) is 1. The third kappa shape index (κ3) is 3.14. The van der Waals surface area contributed by atoms with E-state index < -0.39 is 0 Å². The summed E-state index contributed by atoms with van der Waals surface area (Å²) in [4.78, 5) is 16.0. The maximum Gasteiger partial charge on any atom is 0.273 e. The van der Waals surface area contributed by atoms with E-state index in [2.05, 4.69) is 25.7 Å². The molecule has 0 unspecified atom stereocenters. The Morgan fingerprint density at radius 1 is 1.45 bits per heavy atom. The Morgan fingerprint density at radius 2 is 2.25 bits per heavy atom. The second kappa shape index (κ2) is 6.18. The van der Waals surface area contributed by atoms with Gasteiger partial charge in [-0.15, -0.1) is 0 Å². The molecule has 20 heavy (non-hydrogen) atoms. The first kappa shape index (κ1) is 14.0. The molecule has 0 saturated carbocycles. The summed E-state index contributed by atoms with van der Waals surface area (Å²) in [5, 5.41) is 13.1. The first-order chi connectivity index (χ1) is 9.61. The van der Waals surface area contributed by atoms with Gasteiger partial charge in [0.15, 0.2) is 11.5 Å². The molecule has 4 N–H and O–H groups in total. The molecular weight excluding hydrogens is 260 g/mol. The third-order valence-corrected chi connectivity index (χ3v) is 2.79. The SMILES string of the molecule is CCCc1[nH]nc(C(=O)NCCc2nc(C)no2)c1N. The molecule has 0 saturated heterocycles. The van der Waals surface area contributed by atoms with Crippen LogP contribution in [0.5, 0.6) is 0 Å². The molecule has 0 aliphatic rings. The van der Waals surface area contributed by atoms with Crippen molar-refractivity contribution in [1.29, 1.82) is 0 Å². The number of hydrogen-bond donors (Lipinski definition) is 3. The zero-order valence-electron chi connectivity index (χ0n) is 11.6. The lowest BCUT2D eigenvalue weighted by molar-refractivity contribution is 0.0949. The fourth-order valence-corrected chi connectivity index (χ4v) is 1.81. The molecule has 2 aromatic rings. The fraction of sp³-hybridized carbons (Fsp3) is 0.500. The first-order valence-electron chi connectivity index (χ1n) is 6.52. The summed E-state index contributed by atoms with van der Waals surface area (Å²) < 4.78 is 4.95. The smallest absolute Gasteiger partial charge is 0.273 e. The monoisotopic (exact) mass is 278 g/mol. The molecule has 0 fully saturated rings. The van der Waals surface area contributed by atoms with Crippen molar-refractivity contribution >= 4 is 11.6 Å². The zero-order valence-corrected chi connectivity index (χ0v) is 11.6. The molecule has 1 amide bonds. The quantitative estimate of drug-likeness (QED) is 0.711. The van der Waals surface area contributed by atoms with Crippen molar-refractivity contribution in [1.82, 2.24) is 25.7 Å². The molecule has 108 valence electrons. The van der Waals surface area contributed by atoms with Gasteiger partial charge >= 0.3 is 0 Å². The van der Waals surface area contributed by atoms with Crippen LogP contribution in [0.1, 0.15) is 41.2 Å². The van der Waals surface area contributed by atoms with E-state index in [1.807, 2.05) is 6.92 Å². The number of amides is 1. The Morgan fingerprint density at radius 3 is 2.90 bits per heavy atom. The van der Waals surface area contributed by atoms with E-state index >= 15 is 0 Å². The van der Waals surface area contributed by atoms with Crippen LogP contribution in [0.15, 0.2) is 4.52 Å². The van der Waals surface area contributed by atoms with E-state index in [1.165, 1.54) is 0 Å². The Hall–Kier alpha value is -2.38. The molecule has 0 atom stereocenters. The summed E-state index contributed by atoms with van der Waals surface area (Å²) in [6.07, 6.45) is 2.18. The van der Waals surface area contributed by atoms with Crippen LogP contribution in [0.4, 0.5) is 5.69 Å². The fourth-order valence-electron chi connectivity index (χ4n) is 1.81. The highest BCUT2D eigenvalue weighted by Crippen LogP contribution is 2.15. The largest absolute Gasteiger partial charge is 0.395 e. The van der Waals surface area contributed by atoms with Gasteiger partial charge in [0.25, 0.3) is 5.91 Å². The van der Waals surface area contributed by atoms with Crippen LogP contribution < -0.4 is 11.1 Å². The van der Waals surface area contributed by atoms with E-state index in [0.717, 1.165) is 18.5 Å². The molecule has 0 bridgehead atoms. The van der Waals surface area contributed by atoms with E-state index in [9.17, 15) is 4.79 Å². The van der Waals surface area contributed by atoms with Crippen molar-refractivity contribution in [2.45, 2.75) is 33.1 Å². The number of aromatic amines is 1. The zero-order chi connectivity index (χ0) is 14.5. The summed E-state index contributed by atoms with van der Waals surface area (Å²) in [5.74, 6) is 0.758. The standard InChI is InChI=1S/C12H18N6O2/c1-3-4-8-10(13)11(17-16-8)12(19)14-6-5-9-15-7(2)18-20-9/h3-6,13H2,1-2H3,(H,14,19)(H,16,17). The van der Waals surface area contributed by atoms with Gasteiger partial charge in [-0.25, -0.2) is 0 Å². The number of anilines is 1. The number of H-pyrrole nitrogens is 1. The third-order valence-electron chi connectivity index (χ3n) is 2.79. The maximum absolute atomic E-state index is 11.9. The molecule has 0 aliphatic carbocycles. The molecule has 0 spiro atoms. The van der Waals surface area contributed by atoms with Gasteiger partial charge in [0, 0.05) is 13.0 Å². The van der Waals surface area contributed by atoms with Gasteiger partial charge in [0.05, 0.1) is 11.4 Å². The molecule has 0 aromatic carbocycles.